The summed E-state index contributed by atoms with van der Waals surface area (Å²) in [7, 11) is 0. The van der Waals surface area contributed by atoms with Crippen LogP contribution in [0.3, 0.4) is 0 Å². The zero-order valence-corrected chi connectivity index (χ0v) is 12.2. The quantitative estimate of drug-likeness (QED) is 0.899. The third-order valence-corrected chi connectivity index (χ3v) is 4.72. The number of amides is 1. The van der Waals surface area contributed by atoms with Crippen LogP contribution in [0, 0.1) is 5.92 Å². The van der Waals surface area contributed by atoms with Crippen LogP contribution in [0.15, 0.2) is 4.52 Å². The Labute approximate surface area is 123 Å². The van der Waals surface area contributed by atoms with Gasteiger partial charge in [0, 0.05) is 24.6 Å². The first kappa shape index (κ1) is 14.1. The van der Waals surface area contributed by atoms with Crippen LogP contribution < -0.4 is 0 Å². The van der Waals surface area contributed by atoms with E-state index in [2.05, 4.69) is 5.16 Å². The van der Waals surface area contributed by atoms with Crippen molar-refractivity contribution in [2.24, 2.45) is 5.92 Å². The van der Waals surface area contributed by atoms with E-state index < -0.39 is 11.9 Å². The van der Waals surface area contributed by atoms with Gasteiger partial charge < -0.3 is 14.5 Å². The number of hydrogen-bond acceptors (Lipinski definition) is 4. The summed E-state index contributed by atoms with van der Waals surface area (Å²) in [5.41, 5.74) is 1.32. The van der Waals surface area contributed by atoms with Gasteiger partial charge in [0.2, 0.25) is 0 Å². The van der Waals surface area contributed by atoms with Gasteiger partial charge in [0.15, 0.2) is 5.69 Å². The number of carboxylic acids is 1. The van der Waals surface area contributed by atoms with Gasteiger partial charge in [0.25, 0.3) is 5.91 Å². The Morgan fingerprint density at radius 2 is 2.05 bits per heavy atom. The standard InChI is InChI=1S/C15H20N2O4/c1-9-10(15(19)20)6-4-8-17(9)14(18)13-11-5-2-3-7-12(11)21-16-13/h9-10H,2-8H2,1H3,(H,19,20)/t9-,10-/m1/s1. The number of likely N-dealkylation sites (tertiary alicyclic amines) is 1. The van der Waals surface area contributed by atoms with Crippen molar-refractivity contribution in [1.82, 2.24) is 10.1 Å². The Morgan fingerprint density at radius 3 is 2.81 bits per heavy atom. The highest BCUT2D eigenvalue weighted by atomic mass is 16.5. The van der Waals surface area contributed by atoms with Crippen LogP contribution in [0.2, 0.25) is 0 Å². The Morgan fingerprint density at radius 1 is 1.29 bits per heavy atom. The van der Waals surface area contributed by atoms with Crippen LogP contribution in [-0.2, 0) is 17.6 Å². The number of carbonyl (C=O) groups excluding carboxylic acids is 1. The Balaban J connectivity index is 1.84. The van der Waals surface area contributed by atoms with Crippen LogP contribution >= 0.6 is 0 Å². The van der Waals surface area contributed by atoms with Gasteiger partial charge in [0.05, 0.1) is 5.92 Å². The van der Waals surface area contributed by atoms with Crippen molar-refractivity contribution in [3.8, 4) is 0 Å². The fourth-order valence-electron chi connectivity index (χ4n) is 3.45. The van der Waals surface area contributed by atoms with Crippen molar-refractivity contribution in [1.29, 1.82) is 0 Å². The molecule has 2 heterocycles. The maximum Gasteiger partial charge on any atom is 0.308 e. The highest BCUT2D eigenvalue weighted by Crippen LogP contribution is 2.29. The zero-order chi connectivity index (χ0) is 15.0. The molecule has 1 aliphatic carbocycles. The van der Waals surface area contributed by atoms with Crippen molar-refractivity contribution in [3.05, 3.63) is 17.0 Å². The highest BCUT2D eigenvalue weighted by Gasteiger charge is 2.37. The largest absolute Gasteiger partial charge is 0.481 e. The lowest BCUT2D eigenvalue weighted by Gasteiger charge is -2.37. The molecular weight excluding hydrogens is 272 g/mol. The van der Waals surface area contributed by atoms with Crippen molar-refractivity contribution >= 4 is 11.9 Å². The van der Waals surface area contributed by atoms with Gasteiger partial charge in [-0.05, 0) is 39.0 Å². The van der Waals surface area contributed by atoms with Crippen molar-refractivity contribution in [2.45, 2.75) is 51.5 Å². The first-order valence-corrected chi connectivity index (χ1v) is 7.60. The first-order valence-electron chi connectivity index (χ1n) is 7.60. The zero-order valence-electron chi connectivity index (χ0n) is 12.2. The lowest BCUT2D eigenvalue weighted by Crippen LogP contribution is -2.49. The van der Waals surface area contributed by atoms with E-state index in [1.165, 1.54) is 0 Å². The number of carboxylic acid groups (broad SMARTS) is 1. The summed E-state index contributed by atoms with van der Waals surface area (Å²) in [5.74, 6) is -0.683. The monoisotopic (exact) mass is 292 g/mol. The molecule has 1 aromatic heterocycles. The highest BCUT2D eigenvalue weighted by molar-refractivity contribution is 5.94. The second-order valence-corrected chi connectivity index (χ2v) is 5.97. The maximum absolute atomic E-state index is 12.7. The predicted molar refractivity (Wildman–Crippen MR) is 74.0 cm³/mol. The number of fused-ring (bicyclic) bond motifs is 1. The number of aliphatic carboxylic acids is 1. The topological polar surface area (TPSA) is 83.6 Å². The molecule has 1 N–H and O–H groups in total. The van der Waals surface area contributed by atoms with E-state index in [1.54, 1.807) is 4.90 Å². The number of nitrogens with zero attached hydrogens (tertiary/aromatic N) is 2. The number of rotatable bonds is 2. The summed E-state index contributed by atoms with van der Waals surface area (Å²) in [4.78, 5) is 25.6. The average Bonchev–Trinajstić information content (AvgIpc) is 2.90. The van der Waals surface area contributed by atoms with Gasteiger partial charge in [-0.2, -0.15) is 0 Å². The van der Waals surface area contributed by atoms with Crippen molar-refractivity contribution in [3.63, 3.8) is 0 Å². The first-order chi connectivity index (χ1) is 10.1. The minimum atomic E-state index is -0.831. The van der Waals surface area contributed by atoms with Crippen LogP contribution in [-0.4, -0.2) is 39.6 Å². The molecule has 0 unspecified atom stereocenters. The Bertz CT molecular complexity index is 566. The summed E-state index contributed by atoms with van der Waals surface area (Å²) in [6.07, 6.45) is 5.11. The van der Waals surface area contributed by atoms with Crippen LogP contribution in [0.4, 0.5) is 0 Å². The number of carbonyl (C=O) groups is 2. The van der Waals surface area contributed by atoms with Gasteiger partial charge in [0.1, 0.15) is 5.76 Å². The number of aryl methyl sites for hydroxylation is 1. The van der Waals surface area contributed by atoms with E-state index in [0.717, 1.165) is 37.0 Å². The molecule has 1 aromatic rings. The molecule has 0 radical (unpaired) electrons. The molecule has 114 valence electrons. The molecule has 1 amide bonds. The summed E-state index contributed by atoms with van der Waals surface area (Å²) in [6, 6.07) is -0.306. The van der Waals surface area contributed by atoms with E-state index in [4.69, 9.17) is 4.52 Å². The van der Waals surface area contributed by atoms with E-state index >= 15 is 0 Å². The SMILES string of the molecule is C[C@@H]1[C@H](C(=O)O)CCCN1C(=O)c1noc2c1CCCC2. The molecule has 0 aromatic carbocycles. The number of aromatic nitrogens is 1. The molecule has 3 rings (SSSR count). The second-order valence-electron chi connectivity index (χ2n) is 5.97. The lowest BCUT2D eigenvalue weighted by atomic mass is 9.89. The molecular formula is C15H20N2O4. The third-order valence-electron chi connectivity index (χ3n) is 4.72. The summed E-state index contributed by atoms with van der Waals surface area (Å²) in [6.45, 7) is 2.40. The fraction of sp³-hybridized carbons (Fsp3) is 0.667. The second kappa shape index (κ2) is 5.50. The molecule has 1 aliphatic heterocycles. The molecule has 0 bridgehead atoms. The minimum Gasteiger partial charge on any atom is -0.481 e. The lowest BCUT2D eigenvalue weighted by molar-refractivity contribution is -0.144. The van der Waals surface area contributed by atoms with Crippen LogP contribution in [0.1, 0.15) is 54.4 Å². The molecule has 2 atom stereocenters. The fourth-order valence-corrected chi connectivity index (χ4v) is 3.45. The van der Waals surface area contributed by atoms with E-state index in [0.29, 0.717) is 25.1 Å². The van der Waals surface area contributed by atoms with Gasteiger partial charge >= 0.3 is 5.97 Å². The van der Waals surface area contributed by atoms with Gasteiger partial charge in [-0.15, -0.1) is 0 Å². The number of piperidine rings is 1. The summed E-state index contributed by atoms with van der Waals surface area (Å²) < 4.78 is 5.29. The normalized spacial score (nSPS) is 25.5. The predicted octanol–water partition coefficient (Wildman–Crippen LogP) is 1.88. The third kappa shape index (κ3) is 2.43. The van der Waals surface area contributed by atoms with Crippen molar-refractivity contribution in [2.75, 3.05) is 6.54 Å². The van der Waals surface area contributed by atoms with Crippen LogP contribution in [0.5, 0.6) is 0 Å². The van der Waals surface area contributed by atoms with Crippen LogP contribution in [0.25, 0.3) is 0 Å². The number of hydrogen-bond donors (Lipinski definition) is 1. The average molecular weight is 292 g/mol. The molecule has 0 saturated carbocycles. The molecule has 0 spiro atoms. The molecule has 6 heteroatoms. The van der Waals surface area contributed by atoms with Crippen molar-refractivity contribution < 1.29 is 19.2 Å². The molecule has 21 heavy (non-hydrogen) atoms. The molecule has 6 nitrogen and oxygen atoms in total. The molecule has 1 saturated heterocycles. The molecule has 1 fully saturated rings. The Kier molecular flexibility index (Phi) is 3.69. The van der Waals surface area contributed by atoms with Gasteiger partial charge in [-0.1, -0.05) is 5.16 Å². The van der Waals surface area contributed by atoms with E-state index in [1.807, 2.05) is 6.92 Å². The Hall–Kier alpha value is -1.85. The molecule has 2 aliphatic rings. The summed E-state index contributed by atoms with van der Waals surface area (Å²) >= 11 is 0. The smallest absolute Gasteiger partial charge is 0.308 e. The van der Waals surface area contributed by atoms with E-state index in [9.17, 15) is 14.7 Å². The van der Waals surface area contributed by atoms with Gasteiger partial charge in [-0.25, -0.2) is 0 Å². The summed E-state index contributed by atoms with van der Waals surface area (Å²) in [5, 5.41) is 13.2. The van der Waals surface area contributed by atoms with Gasteiger partial charge in [-0.3, -0.25) is 9.59 Å². The van der Waals surface area contributed by atoms with E-state index in [-0.39, 0.29) is 11.9 Å². The maximum atomic E-state index is 12.7. The minimum absolute atomic E-state index is 0.180.